The predicted molar refractivity (Wildman–Crippen MR) is 99.3 cm³/mol. The number of imidazole rings is 1. The van der Waals surface area contributed by atoms with Gasteiger partial charge >= 0.3 is 5.69 Å². The predicted octanol–water partition coefficient (Wildman–Crippen LogP) is 3.62. The number of H-pyrrole nitrogens is 1. The maximum absolute atomic E-state index is 12.8. The van der Waals surface area contributed by atoms with Crippen LogP contribution in [0.5, 0.6) is 0 Å². The summed E-state index contributed by atoms with van der Waals surface area (Å²) in [5.41, 5.74) is 3.09. The molecule has 1 aliphatic carbocycles. The molecule has 136 valence electrons. The zero-order valence-electron chi connectivity index (χ0n) is 15.1. The lowest BCUT2D eigenvalue weighted by molar-refractivity contribution is 0.0775. The largest absolute Gasteiger partial charge is 0.467 e. The highest BCUT2D eigenvalue weighted by Gasteiger charge is 2.22. The fourth-order valence-electron chi connectivity index (χ4n) is 3.86. The Morgan fingerprint density at radius 1 is 1.31 bits per heavy atom. The van der Waals surface area contributed by atoms with Crippen molar-refractivity contribution in [3.63, 3.8) is 0 Å². The topological polar surface area (TPSA) is 71.2 Å². The third-order valence-corrected chi connectivity index (χ3v) is 5.35. The molecular weight excluding hydrogens is 330 g/mol. The highest BCUT2D eigenvalue weighted by molar-refractivity contribution is 5.97. The molecule has 2 heterocycles. The van der Waals surface area contributed by atoms with Crippen molar-refractivity contribution < 1.29 is 9.21 Å². The minimum Gasteiger partial charge on any atom is -0.467 e. The second kappa shape index (κ2) is 6.52. The quantitative estimate of drug-likeness (QED) is 0.779. The lowest BCUT2D eigenvalue weighted by Crippen LogP contribution is -2.26. The number of furan rings is 1. The van der Waals surface area contributed by atoms with Gasteiger partial charge in [-0.2, -0.15) is 0 Å². The van der Waals surface area contributed by atoms with Crippen LogP contribution in [0.25, 0.3) is 11.0 Å². The summed E-state index contributed by atoms with van der Waals surface area (Å²) in [5, 5.41) is 0. The van der Waals surface area contributed by atoms with E-state index in [2.05, 4.69) is 4.98 Å². The normalized spacial score (nSPS) is 15.0. The van der Waals surface area contributed by atoms with E-state index in [1.165, 1.54) is 0 Å². The summed E-state index contributed by atoms with van der Waals surface area (Å²) >= 11 is 0. The van der Waals surface area contributed by atoms with Crippen LogP contribution in [0.3, 0.4) is 0 Å². The molecule has 1 aromatic carbocycles. The van der Waals surface area contributed by atoms with Gasteiger partial charge in [0.1, 0.15) is 5.76 Å². The molecule has 3 aromatic rings. The minimum atomic E-state index is -0.0998. The highest BCUT2D eigenvalue weighted by atomic mass is 16.3. The molecule has 1 aliphatic rings. The Bertz CT molecular complexity index is 1000. The number of hydrogen-bond acceptors (Lipinski definition) is 3. The van der Waals surface area contributed by atoms with E-state index in [4.69, 9.17) is 4.42 Å². The van der Waals surface area contributed by atoms with Gasteiger partial charge in [0.05, 0.1) is 23.8 Å². The Kier molecular flexibility index (Phi) is 4.18. The van der Waals surface area contributed by atoms with Gasteiger partial charge < -0.3 is 14.3 Å². The van der Waals surface area contributed by atoms with E-state index >= 15 is 0 Å². The van der Waals surface area contributed by atoms with Crippen molar-refractivity contribution in [1.82, 2.24) is 14.5 Å². The van der Waals surface area contributed by atoms with Crippen LogP contribution < -0.4 is 5.69 Å². The zero-order valence-corrected chi connectivity index (χ0v) is 15.1. The number of hydrogen-bond donors (Lipinski definition) is 1. The van der Waals surface area contributed by atoms with Crippen LogP contribution >= 0.6 is 0 Å². The number of nitrogens with zero attached hydrogens (tertiary/aromatic N) is 2. The summed E-state index contributed by atoms with van der Waals surface area (Å²) < 4.78 is 7.28. The van der Waals surface area contributed by atoms with Gasteiger partial charge in [-0.3, -0.25) is 9.36 Å². The van der Waals surface area contributed by atoms with E-state index in [0.29, 0.717) is 12.1 Å². The van der Waals surface area contributed by atoms with Gasteiger partial charge in [0.25, 0.3) is 5.91 Å². The summed E-state index contributed by atoms with van der Waals surface area (Å²) in [7, 11) is 1.75. The summed E-state index contributed by atoms with van der Waals surface area (Å²) in [5.74, 6) is 0.680. The molecule has 1 fully saturated rings. The van der Waals surface area contributed by atoms with Crippen molar-refractivity contribution in [2.45, 2.75) is 45.2 Å². The van der Waals surface area contributed by atoms with Crippen LogP contribution in [-0.2, 0) is 6.54 Å². The molecule has 6 heteroatoms. The first-order valence-electron chi connectivity index (χ1n) is 9.07. The first-order chi connectivity index (χ1) is 12.5. The molecule has 4 rings (SSSR count). The van der Waals surface area contributed by atoms with Crippen molar-refractivity contribution in [1.29, 1.82) is 0 Å². The standard InChI is InChI=1S/C20H23N3O3/c1-13-9-10-26-18(13)12-22(2)19(24)14-7-8-17-16(11-14)21-20(25)23(17)15-5-3-4-6-15/h7-11,15H,3-6,12H2,1-2H3,(H,21,25). The van der Waals surface area contributed by atoms with Crippen LogP contribution in [0, 0.1) is 6.92 Å². The summed E-state index contributed by atoms with van der Waals surface area (Å²) in [4.78, 5) is 29.7. The van der Waals surface area contributed by atoms with Gasteiger partial charge in [0, 0.05) is 18.7 Å². The number of carbonyl (C=O) groups is 1. The van der Waals surface area contributed by atoms with Crippen molar-refractivity contribution in [2.75, 3.05) is 7.05 Å². The van der Waals surface area contributed by atoms with E-state index in [-0.39, 0.29) is 17.6 Å². The smallest absolute Gasteiger partial charge is 0.326 e. The maximum Gasteiger partial charge on any atom is 0.326 e. The molecular formula is C20H23N3O3. The molecule has 6 nitrogen and oxygen atoms in total. The number of aromatic nitrogens is 2. The maximum atomic E-state index is 12.8. The molecule has 0 bridgehead atoms. The van der Waals surface area contributed by atoms with Gasteiger partial charge in [0.15, 0.2) is 0 Å². The number of aryl methyl sites for hydroxylation is 1. The zero-order chi connectivity index (χ0) is 18.3. The highest BCUT2D eigenvalue weighted by Crippen LogP contribution is 2.30. The van der Waals surface area contributed by atoms with Crippen LogP contribution in [0.15, 0.2) is 39.7 Å². The van der Waals surface area contributed by atoms with Gasteiger partial charge in [-0.1, -0.05) is 12.8 Å². The molecule has 0 radical (unpaired) electrons. The first-order valence-corrected chi connectivity index (χ1v) is 9.07. The molecule has 1 saturated carbocycles. The number of amides is 1. The molecule has 0 saturated heterocycles. The van der Waals surface area contributed by atoms with E-state index < -0.39 is 0 Å². The Hall–Kier alpha value is -2.76. The number of fused-ring (bicyclic) bond motifs is 1. The molecule has 0 unspecified atom stereocenters. The third kappa shape index (κ3) is 2.85. The second-order valence-electron chi connectivity index (χ2n) is 7.16. The summed E-state index contributed by atoms with van der Waals surface area (Å²) in [6, 6.07) is 7.61. The van der Waals surface area contributed by atoms with Crippen LogP contribution in [-0.4, -0.2) is 27.4 Å². The second-order valence-corrected chi connectivity index (χ2v) is 7.16. The Morgan fingerprint density at radius 2 is 2.08 bits per heavy atom. The molecule has 0 aliphatic heterocycles. The summed E-state index contributed by atoms with van der Waals surface area (Å²) in [6.45, 7) is 2.37. The lowest BCUT2D eigenvalue weighted by Gasteiger charge is -2.16. The Morgan fingerprint density at radius 3 is 2.77 bits per heavy atom. The third-order valence-electron chi connectivity index (χ3n) is 5.35. The van der Waals surface area contributed by atoms with Crippen molar-refractivity contribution in [3.8, 4) is 0 Å². The number of nitrogens with one attached hydrogen (secondary N) is 1. The minimum absolute atomic E-state index is 0.0870. The Labute approximate surface area is 151 Å². The fourth-order valence-corrected chi connectivity index (χ4v) is 3.86. The number of carbonyl (C=O) groups excluding carboxylic acids is 1. The molecule has 2 aromatic heterocycles. The Balaban J connectivity index is 1.62. The lowest BCUT2D eigenvalue weighted by atomic mass is 10.1. The molecule has 0 spiro atoms. The van der Waals surface area contributed by atoms with Crippen molar-refractivity contribution in [2.24, 2.45) is 0 Å². The van der Waals surface area contributed by atoms with Crippen LogP contribution in [0.1, 0.15) is 53.4 Å². The van der Waals surface area contributed by atoms with E-state index in [0.717, 1.165) is 48.0 Å². The molecule has 0 atom stereocenters. The van der Waals surface area contributed by atoms with Crippen molar-refractivity contribution >= 4 is 16.9 Å². The number of benzene rings is 1. The van der Waals surface area contributed by atoms with Gasteiger partial charge in [0.2, 0.25) is 0 Å². The first kappa shape index (κ1) is 16.7. The van der Waals surface area contributed by atoms with E-state index in [1.807, 2.05) is 23.6 Å². The molecule has 1 amide bonds. The fraction of sp³-hybridized carbons (Fsp3) is 0.400. The SMILES string of the molecule is Cc1ccoc1CN(C)C(=O)c1ccc2c(c1)[nH]c(=O)n2C1CCCC1. The average Bonchev–Trinajstić information content (AvgIpc) is 3.34. The van der Waals surface area contributed by atoms with Gasteiger partial charge in [-0.25, -0.2) is 4.79 Å². The van der Waals surface area contributed by atoms with Gasteiger partial charge in [-0.05, 0) is 49.6 Å². The van der Waals surface area contributed by atoms with Crippen molar-refractivity contribution in [3.05, 3.63) is 57.9 Å². The van der Waals surface area contributed by atoms with Crippen LogP contribution in [0.4, 0.5) is 0 Å². The monoisotopic (exact) mass is 353 g/mol. The van der Waals surface area contributed by atoms with E-state index in [9.17, 15) is 9.59 Å². The number of rotatable bonds is 4. The molecule has 1 N–H and O–H groups in total. The van der Waals surface area contributed by atoms with E-state index in [1.54, 1.807) is 30.3 Å². The summed E-state index contributed by atoms with van der Waals surface area (Å²) in [6.07, 6.45) is 6.04. The van der Waals surface area contributed by atoms with Crippen LogP contribution in [0.2, 0.25) is 0 Å². The van der Waals surface area contributed by atoms with Gasteiger partial charge in [-0.15, -0.1) is 0 Å². The molecule has 26 heavy (non-hydrogen) atoms. The number of aromatic amines is 1. The average molecular weight is 353 g/mol.